The van der Waals surface area contributed by atoms with E-state index in [1.807, 2.05) is 0 Å². The maximum absolute atomic E-state index is 10.9. The number of hydrogen-bond donors (Lipinski definition) is 1. The molecule has 1 N–H and O–H groups in total. The molecule has 0 saturated heterocycles. The first kappa shape index (κ1) is 15.0. The second-order valence-electron chi connectivity index (χ2n) is 2.93. The lowest BCUT2D eigenvalue weighted by atomic mass is 10.3. The molecular weight excluding hydrogens is 444 g/mol. The number of fused-ring (bicyclic) bond motifs is 1. The summed E-state index contributed by atoms with van der Waals surface area (Å²) in [5.74, 6) is 0. The molecule has 0 radical (unpaired) electrons. The Labute approximate surface area is 124 Å². The van der Waals surface area contributed by atoms with Gasteiger partial charge in [0.2, 0.25) is 0 Å². The zero-order valence-electron chi connectivity index (χ0n) is 7.96. The summed E-state index contributed by atoms with van der Waals surface area (Å²) in [6.07, 6.45) is 0. The van der Waals surface area contributed by atoms with Crippen molar-refractivity contribution in [1.82, 2.24) is 9.97 Å². The van der Waals surface area contributed by atoms with Crippen molar-refractivity contribution in [3.05, 3.63) is 27.4 Å². The van der Waals surface area contributed by atoms with Crippen LogP contribution in [0, 0.1) is 0 Å². The van der Waals surface area contributed by atoms with E-state index in [1.54, 1.807) is 0 Å². The van der Waals surface area contributed by atoms with Crippen LogP contribution in [-0.2, 0) is 10.1 Å². The van der Waals surface area contributed by atoms with Crippen LogP contribution < -0.4 is 0 Å². The molecule has 0 atom stereocenters. The predicted molar refractivity (Wildman–Crippen MR) is 75.1 cm³/mol. The van der Waals surface area contributed by atoms with Gasteiger partial charge in [-0.2, -0.15) is 8.42 Å². The molecule has 0 aliphatic rings. The van der Waals surface area contributed by atoms with Crippen molar-refractivity contribution in [3.63, 3.8) is 0 Å². The first-order chi connectivity index (χ1) is 7.38. The summed E-state index contributed by atoms with van der Waals surface area (Å²) in [5.41, 5.74) is 0.910. The Hall–Kier alpha value is -0.0900. The molecule has 0 unspecified atom stereocenters. The quantitative estimate of drug-likeness (QED) is 0.678. The van der Waals surface area contributed by atoms with Gasteiger partial charge < -0.3 is 0 Å². The molecule has 5 nitrogen and oxygen atoms in total. The fourth-order valence-corrected chi connectivity index (χ4v) is 2.21. The van der Waals surface area contributed by atoms with Gasteiger partial charge in [-0.1, -0.05) is 0 Å². The topological polar surface area (TPSA) is 80.2 Å². The van der Waals surface area contributed by atoms with Crippen LogP contribution in [0.2, 0.25) is 0 Å². The van der Waals surface area contributed by atoms with Gasteiger partial charge in [0.1, 0.15) is 9.21 Å². The van der Waals surface area contributed by atoms with Crippen molar-refractivity contribution in [2.24, 2.45) is 0 Å². The van der Waals surface area contributed by atoms with Crippen LogP contribution in [0.3, 0.4) is 0 Å². The van der Waals surface area contributed by atoms with Crippen molar-refractivity contribution in [2.75, 3.05) is 0 Å². The van der Waals surface area contributed by atoms with E-state index < -0.39 is 10.1 Å². The highest BCUT2D eigenvalue weighted by Gasteiger charge is 2.11. The fourth-order valence-electron chi connectivity index (χ4n) is 1.15. The molecule has 0 aliphatic heterocycles. The summed E-state index contributed by atoms with van der Waals surface area (Å²) < 4.78 is 31.7. The molecule has 0 fully saturated rings. The van der Waals surface area contributed by atoms with E-state index >= 15 is 0 Å². The van der Waals surface area contributed by atoms with Crippen molar-refractivity contribution in [3.8, 4) is 0 Å². The summed E-state index contributed by atoms with van der Waals surface area (Å²) in [6.45, 7) is 0. The minimum absolute atomic E-state index is 0. The van der Waals surface area contributed by atoms with Gasteiger partial charge in [0, 0.05) is 0 Å². The number of aromatic nitrogens is 2. The Morgan fingerprint density at radius 2 is 1.59 bits per heavy atom. The van der Waals surface area contributed by atoms with Crippen molar-refractivity contribution < 1.29 is 13.0 Å². The molecule has 0 amide bonds. The van der Waals surface area contributed by atoms with Gasteiger partial charge in [-0.3, -0.25) is 4.55 Å². The van der Waals surface area contributed by atoms with Gasteiger partial charge in [0.05, 0.1) is 15.9 Å². The highest BCUT2D eigenvalue weighted by atomic mass is 79.9. The zero-order valence-corrected chi connectivity index (χ0v) is 13.7. The first-order valence-corrected chi connectivity index (χ1v) is 7.01. The van der Waals surface area contributed by atoms with Gasteiger partial charge in [0.15, 0.2) is 0 Å². The summed E-state index contributed by atoms with van der Waals surface area (Å²) >= 11 is 6.35. The third-order valence-electron chi connectivity index (χ3n) is 1.85. The van der Waals surface area contributed by atoms with Crippen LogP contribution >= 0.6 is 48.8 Å². The van der Waals surface area contributed by atoms with E-state index in [2.05, 4.69) is 41.8 Å². The van der Waals surface area contributed by atoms with Crippen LogP contribution in [0.15, 0.2) is 32.3 Å². The lowest BCUT2D eigenvalue weighted by molar-refractivity contribution is 0.483. The van der Waals surface area contributed by atoms with Crippen LogP contribution in [0.4, 0.5) is 0 Å². The number of halogens is 3. The fraction of sp³-hybridized carbons (Fsp3) is 0. The van der Waals surface area contributed by atoms with Crippen LogP contribution in [0.25, 0.3) is 11.0 Å². The van der Waals surface area contributed by atoms with Crippen molar-refractivity contribution >= 4 is 70.0 Å². The zero-order chi connectivity index (χ0) is 11.9. The third kappa shape index (κ3) is 3.22. The summed E-state index contributed by atoms with van der Waals surface area (Å²) in [4.78, 5) is 8.01. The standard InChI is InChI=1S/C8H4Br2N2O3S.BrH/c9-7-8(10)12-6-3-4(16(13,14)15)1-2-5(6)11-7;/h1-3H,(H,13,14,15);1H. The first-order valence-electron chi connectivity index (χ1n) is 3.98. The van der Waals surface area contributed by atoms with Crippen molar-refractivity contribution in [2.45, 2.75) is 4.90 Å². The number of benzene rings is 1. The number of nitrogens with zero attached hydrogens (tertiary/aromatic N) is 2. The molecule has 2 rings (SSSR count). The van der Waals surface area contributed by atoms with Gasteiger partial charge >= 0.3 is 0 Å². The Morgan fingerprint density at radius 3 is 2.12 bits per heavy atom. The molecule has 1 aromatic carbocycles. The van der Waals surface area contributed by atoms with Gasteiger partial charge in [-0.15, -0.1) is 17.0 Å². The number of hydrogen-bond acceptors (Lipinski definition) is 4. The second kappa shape index (κ2) is 5.27. The van der Waals surface area contributed by atoms with E-state index in [9.17, 15) is 8.42 Å². The summed E-state index contributed by atoms with van der Waals surface area (Å²) in [7, 11) is -4.21. The normalized spacial score (nSPS) is 11.2. The molecule has 2 aromatic rings. The minimum Gasteiger partial charge on any atom is -0.282 e. The average Bonchev–Trinajstić information content (AvgIpc) is 2.17. The molecule has 1 aromatic heterocycles. The third-order valence-corrected chi connectivity index (χ3v) is 4.34. The van der Waals surface area contributed by atoms with Crippen LogP contribution in [0.1, 0.15) is 0 Å². The second-order valence-corrected chi connectivity index (χ2v) is 5.85. The lowest BCUT2D eigenvalue weighted by Crippen LogP contribution is -1.98. The maximum Gasteiger partial charge on any atom is 0.294 e. The molecular formula is C8H5Br3N2O3S. The molecule has 9 heteroatoms. The van der Waals surface area contributed by atoms with Gasteiger partial charge in [0.25, 0.3) is 10.1 Å². The Balaban J connectivity index is 0.00000144. The minimum atomic E-state index is -4.21. The van der Waals surface area contributed by atoms with Gasteiger partial charge in [-0.05, 0) is 50.1 Å². The SMILES string of the molecule is Br.O=S(=O)(O)c1ccc2nc(Br)c(Br)nc2c1. The maximum atomic E-state index is 10.9. The molecule has 0 bridgehead atoms. The highest BCUT2D eigenvalue weighted by Crippen LogP contribution is 2.23. The Kier molecular flexibility index (Phi) is 4.64. The number of rotatable bonds is 1. The van der Waals surface area contributed by atoms with Crippen molar-refractivity contribution in [1.29, 1.82) is 0 Å². The van der Waals surface area contributed by atoms with Crippen LogP contribution in [0.5, 0.6) is 0 Å². The lowest BCUT2D eigenvalue weighted by Gasteiger charge is -2.01. The van der Waals surface area contributed by atoms with Gasteiger partial charge in [-0.25, -0.2) is 9.97 Å². The molecule has 17 heavy (non-hydrogen) atoms. The smallest absolute Gasteiger partial charge is 0.282 e. The van der Waals surface area contributed by atoms with E-state index in [0.717, 1.165) is 0 Å². The molecule has 0 aliphatic carbocycles. The Bertz CT molecular complexity index is 675. The van der Waals surface area contributed by atoms with E-state index in [4.69, 9.17) is 4.55 Å². The van der Waals surface area contributed by atoms with E-state index in [1.165, 1.54) is 18.2 Å². The average molecular weight is 449 g/mol. The molecule has 1 heterocycles. The molecule has 0 spiro atoms. The largest absolute Gasteiger partial charge is 0.294 e. The predicted octanol–water partition coefficient (Wildman–Crippen LogP) is 2.98. The monoisotopic (exact) mass is 446 g/mol. The Morgan fingerprint density at radius 1 is 1.06 bits per heavy atom. The summed E-state index contributed by atoms with van der Waals surface area (Å²) in [5, 5.41) is 0. The molecule has 92 valence electrons. The summed E-state index contributed by atoms with van der Waals surface area (Å²) in [6, 6.07) is 4.00. The van der Waals surface area contributed by atoms with Crippen LogP contribution in [-0.4, -0.2) is 22.9 Å². The van der Waals surface area contributed by atoms with E-state index in [-0.39, 0.29) is 21.9 Å². The molecule has 0 saturated carbocycles. The highest BCUT2D eigenvalue weighted by molar-refractivity contribution is 9.13. The van der Waals surface area contributed by atoms with E-state index in [0.29, 0.717) is 20.2 Å².